The summed E-state index contributed by atoms with van der Waals surface area (Å²) >= 11 is 0. The molecule has 0 amide bonds. The van der Waals surface area contributed by atoms with Gasteiger partial charge in [0.2, 0.25) is 0 Å². The maximum Gasteiger partial charge on any atom is 0.301 e. The molecule has 9 rings (SSSR count). The van der Waals surface area contributed by atoms with Crippen molar-refractivity contribution < 1.29 is 37.4 Å². The first-order valence-electron chi connectivity index (χ1n) is 22.1. The Balaban J connectivity index is 0.000000295. The van der Waals surface area contributed by atoms with Gasteiger partial charge in [-0.3, -0.25) is 9.37 Å². The largest absolute Gasteiger partial charge is 0.500 e. The van der Waals surface area contributed by atoms with E-state index in [9.17, 15) is 9.65 Å². The molecule has 9 aromatic rings. The van der Waals surface area contributed by atoms with E-state index >= 15 is 0 Å². The zero-order valence-electron chi connectivity index (χ0n) is 39.6. The molecule has 5 aromatic carbocycles. The molecule has 0 spiro atoms. The van der Waals surface area contributed by atoms with Crippen molar-refractivity contribution in [2.75, 3.05) is 0 Å². The average molecular weight is 1020 g/mol. The average Bonchev–Trinajstić information content (AvgIpc) is 3.94. The minimum absolute atomic E-state index is 0. The summed E-state index contributed by atoms with van der Waals surface area (Å²) in [5, 5.41) is 11.6. The van der Waals surface area contributed by atoms with Crippen molar-refractivity contribution in [3.05, 3.63) is 137 Å². The number of hydrogen-bond donors (Lipinski definition) is 0. The third-order valence-electron chi connectivity index (χ3n) is 11.1. The first-order valence-corrected chi connectivity index (χ1v) is 24.1. The van der Waals surface area contributed by atoms with E-state index in [4.69, 9.17) is 17.9 Å². The zero-order chi connectivity index (χ0) is 46.0. The maximum absolute atomic E-state index is 12.8. The van der Waals surface area contributed by atoms with E-state index in [0.29, 0.717) is 44.4 Å². The molecule has 0 aliphatic rings. The van der Waals surface area contributed by atoms with Crippen LogP contribution in [0.4, 0.5) is 4.39 Å². The maximum atomic E-state index is 12.8. The summed E-state index contributed by atoms with van der Waals surface area (Å²) in [6.07, 6.45) is 1.93. The molecule has 4 heterocycles. The van der Waals surface area contributed by atoms with Crippen LogP contribution in [0, 0.1) is 36.1 Å². The van der Waals surface area contributed by atoms with Gasteiger partial charge in [-0.1, -0.05) is 122 Å². The number of aryl methyl sites for hydroxylation is 1. The fraction of sp³-hybridized carbons (Fsp3) is 0.269. The van der Waals surface area contributed by atoms with E-state index in [1.165, 1.54) is 40.1 Å². The molecule has 0 aliphatic heterocycles. The Hall–Kier alpha value is -5.72. The molecule has 1 radical (unpaired) electrons. The number of imidazole rings is 1. The van der Waals surface area contributed by atoms with Crippen LogP contribution >= 0.6 is 0 Å². The molecule has 4 aromatic heterocycles. The number of hydrogen-bond acceptors (Lipinski definition) is 6. The summed E-state index contributed by atoms with van der Waals surface area (Å²) in [5.74, 6) is 0.664. The van der Waals surface area contributed by atoms with E-state index in [0.717, 1.165) is 28.0 Å². The molecule has 62 heavy (non-hydrogen) atoms. The third kappa shape index (κ3) is 8.30. The SMILES string of the molecule is C[Si](C)(C)c1ccc(-c2[c-]cc(F)cc2)nc1.[2H]C([2H])([2H])c1c[c-]c(-c2nc3ccccc3n2-c2c(C(C)C)cc(C(C)(C)C)cc2C(C)C)c2oc3cc4nc(C#N)oc4cc3c12.[Ir]. The molecule has 0 aliphatic carbocycles. The molecule has 0 fully saturated rings. The number of fused-ring (bicyclic) bond motifs is 5. The fourth-order valence-electron chi connectivity index (χ4n) is 7.69. The Labute approximate surface area is 381 Å². The topological polar surface area (TPSA) is 93.7 Å². The second kappa shape index (κ2) is 16.9. The van der Waals surface area contributed by atoms with Crippen LogP contribution in [0.25, 0.3) is 72.4 Å². The Morgan fingerprint density at radius 1 is 0.855 bits per heavy atom. The van der Waals surface area contributed by atoms with Crippen LogP contribution in [0.3, 0.4) is 0 Å². The number of nitriles is 1. The monoisotopic (exact) mass is 1020 g/mol. The second-order valence-corrected chi connectivity index (χ2v) is 23.3. The van der Waals surface area contributed by atoms with Gasteiger partial charge in [-0.15, -0.1) is 47.5 Å². The Bertz CT molecular complexity index is 3230. The standard InChI is InChI=1S/C38H35N4O2.C14H15FNSi.Ir/c1-20(2)25-15-23(38(6,7)8)16-26(21(3)4)35(25)42-30-12-10-9-11-28(30)41-37(42)24-14-13-22(5)34-27-17-32-29(40-33(19-39)43-32)18-31(27)44-36(24)34;1-17(2,3)13-8-9-14(16-10-13)11-4-6-12(15)7-5-11;/h9-13,15-18,20-21H,1-8H3;4,6-10H,1-3H3;/q2*-1;/i5D3;;. The van der Waals surface area contributed by atoms with E-state index in [1.54, 1.807) is 18.2 Å². The summed E-state index contributed by atoms with van der Waals surface area (Å²) in [5.41, 5.74) is 10.4. The summed E-state index contributed by atoms with van der Waals surface area (Å²) < 4.78 is 52.3. The molecule has 317 valence electrons. The molecule has 0 N–H and O–H groups in total. The van der Waals surface area contributed by atoms with Gasteiger partial charge in [0.15, 0.2) is 11.7 Å². The Morgan fingerprint density at radius 3 is 2.18 bits per heavy atom. The number of oxazole rings is 1. The molecule has 0 unspecified atom stereocenters. The minimum atomic E-state index is -2.45. The summed E-state index contributed by atoms with van der Waals surface area (Å²) in [4.78, 5) is 13.8. The third-order valence-corrected chi connectivity index (χ3v) is 13.1. The van der Waals surface area contributed by atoms with Crippen molar-refractivity contribution in [1.29, 1.82) is 5.26 Å². The number of furan rings is 1. The molecular weight excluding hydrogens is 966 g/mol. The van der Waals surface area contributed by atoms with Crippen LogP contribution in [0.15, 0.2) is 100.0 Å². The van der Waals surface area contributed by atoms with Crippen molar-refractivity contribution in [2.45, 2.75) is 92.2 Å². The van der Waals surface area contributed by atoms with Gasteiger partial charge >= 0.3 is 5.89 Å². The van der Waals surface area contributed by atoms with Crippen molar-refractivity contribution in [3.63, 3.8) is 0 Å². The first-order chi connectivity index (χ1) is 30.1. The van der Waals surface area contributed by atoms with Crippen molar-refractivity contribution in [3.8, 4) is 34.4 Å². The quantitative estimate of drug-likeness (QED) is 0.122. The summed E-state index contributed by atoms with van der Waals surface area (Å²) in [6.45, 7) is 20.0. The van der Waals surface area contributed by atoms with Gasteiger partial charge in [-0.05, 0) is 63.0 Å². The van der Waals surface area contributed by atoms with Crippen molar-refractivity contribution in [1.82, 2.24) is 19.5 Å². The smallest absolute Gasteiger partial charge is 0.301 e. The second-order valence-electron chi connectivity index (χ2n) is 18.3. The van der Waals surface area contributed by atoms with Crippen LogP contribution < -0.4 is 5.19 Å². The predicted octanol–water partition coefficient (Wildman–Crippen LogP) is 13.5. The molecule has 0 atom stereocenters. The van der Waals surface area contributed by atoms with E-state index in [2.05, 4.69) is 119 Å². The number of aromatic nitrogens is 4. The van der Waals surface area contributed by atoms with E-state index in [1.807, 2.05) is 36.5 Å². The predicted molar refractivity (Wildman–Crippen MR) is 248 cm³/mol. The van der Waals surface area contributed by atoms with Crippen molar-refractivity contribution in [2.24, 2.45) is 0 Å². The number of halogens is 1. The van der Waals surface area contributed by atoms with Gasteiger partial charge in [-0.25, -0.2) is 0 Å². The molecule has 10 heteroatoms. The Kier molecular flexibility index (Phi) is 11.0. The van der Waals surface area contributed by atoms with Crippen LogP contribution in [-0.4, -0.2) is 27.6 Å². The zero-order valence-corrected chi connectivity index (χ0v) is 40.0. The summed E-state index contributed by atoms with van der Waals surface area (Å²) in [7, 11) is -1.30. The van der Waals surface area contributed by atoms with Crippen LogP contribution in [-0.2, 0) is 25.5 Å². The van der Waals surface area contributed by atoms with Gasteiger partial charge in [0, 0.05) is 53.4 Å². The molecule has 0 saturated heterocycles. The van der Waals surface area contributed by atoms with Crippen molar-refractivity contribution >= 4 is 57.3 Å². The number of pyridine rings is 1. The minimum Gasteiger partial charge on any atom is -0.500 e. The molecule has 0 saturated carbocycles. The number of nitrogens with zero attached hydrogens (tertiary/aromatic N) is 5. The fourth-order valence-corrected chi connectivity index (χ4v) is 8.73. The van der Waals surface area contributed by atoms with Gasteiger partial charge in [-0.2, -0.15) is 10.2 Å². The van der Waals surface area contributed by atoms with Crippen LogP contribution in [0.1, 0.15) is 92.6 Å². The van der Waals surface area contributed by atoms with E-state index < -0.39 is 14.9 Å². The first kappa shape index (κ1) is 40.4. The van der Waals surface area contributed by atoms with E-state index in [-0.39, 0.29) is 54.6 Å². The molecular formula is C52H50FIrN5O2Si-2. The molecule has 0 bridgehead atoms. The number of para-hydroxylation sites is 2. The number of rotatable bonds is 6. The van der Waals surface area contributed by atoms with Crippen LogP contribution in [0.2, 0.25) is 19.6 Å². The summed E-state index contributed by atoms with van der Waals surface area (Å²) in [6, 6.07) is 34.3. The van der Waals surface area contributed by atoms with Gasteiger partial charge in [0.1, 0.15) is 11.1 Å². The normalized spacial score (nSPS) is 12.9. The Morgan fingerprint density at radius 2 is 1.58 bits per heavy atom. The van der Waals surface area contributed by atoms with Gasteiger partial charge < -0.3 is 18.4 Å². The van der Waals surface area contributed by atoms with Crippen LogP contribution in [0.5, 0.6) is 0 Å². The van der Waals surface area contributed by atoms with Gasteiger partial charge in [0.05, 0.1) is 30.5 Å². The molecule has 7 nitrogen and oxygen atoms in total. The van der Waals surface area contributed by atoms with Gasteiger partial charge in [0.25, 0.3) is 0 Å². The number of benzene rings is 5.